The molecular weight excluding hydrogens is 895 g/mol. The third kappa shape index (κ3) is 13.0. The van der Waals surface area contributed by atoms with Gasteiger partial charge < -0.3 is 50.1 Å². The van der Waals surface area contributed by atoms with Gasteiger partial charge in [0.2, 0.25) is 11.8 Å². The molecule has 2 aromatic heterocycles. The maximum absolute atomic E-state index is 12.5. The van der Waals surface area contributed by atoms with E-state index in [-0.39, 0.29) is 108 Å². The molecule has 4 aliphatic heterocycles. The van der Waals surface area contributed by atoms with Gasteiger partial charge in [-0.05, 0) is 20.9 Å². The van der Waals surface area contributed by atoms with Crippen LogP contribution in [0.25, 0.3) is 0 Å². The van der Waals surface area contributed by atoms with E-state index >= 15 is 0 Å². The number of rotatable bonds is 18. The largest absolute Gasteiger partial charge is 1.00 e. The molecule has 0 aliphatic carbocycles. The van der Waals surface area contributed by atoms with Crippen molar-refractivity contribution in [2.75, 3.05) is 24.7 Å². The van der Waals surface area contributed by atoms with E-state index in [9.17, 15) is 58.2 Å². The summed E-state index contributed by atoms with van der Waals surface area (Å²) >= 11 is 2.37. The molecule has 6 rings (SSSR count). The van der Waals surface area contributed by atoms with Crippen molar-refractivity contribution < 1.29 is 137 Å². The molecule has 28 nitrogen and oxygen atoms in total. The van der Waals surface area contributed by atoms with Crippen molar-refractivity contribution in [2.24, 2.45) is 0 Å². The van der Waals surface area contributed by atoms with Gasteiger partial charge in [0.1, 0.15) is 61.8 Å². The number of amides is 4. The van der Waals surface area contributed by atoms with E-state index in [4.69, 9.17) is 19.7 Å². The van der Waals surface area contributed by atoms with Crippen molar-refractivity contribution in [2.45, 2.75) is 61.6 Å². The summed E-state index contributed by atoms with van der Waals surface area (Å²) in [4.78, 5) is 118. The Morgan fingerprint density at radius 3 is 1.34 bits per heavy atom. The number of fused-ring (bicyclic) bond motifs is 2. The molecule has 0 radical (unpaired) electrons. The standard InChI is InChI=1S/2C15H16N6O8S.2Na/c2*22-8(3-20-6-16-18-19-20)17-11-13(26)21-12(15(27)28)7(5-30-14(11)21)4-29-10(25)2-1-9(23)24;;/h2*6,11,14H,1-5H2,(H,17,22)(H,23,24)(H,27,28);;/q;;2*+1/p-2/t2*11-,14-;;/m11../s1. The minimum atomic E-state index is -1.62. The van der Waals surface area contributed by atoms with Crippen LogP contribution in [0.2, 0.25) is 0 Å². The summed E-state index contributed by atoms with van der Waals surface area (Å²) in [7, 11) is 0. The SMILES string of the molecule is O=C(O)CCC(=O)OCC1=C(C(=O)[O-])N2C(=O)[C@@H](NC(=O)Cn3cnnn3)[C@H]2SC1.O=C(O)CCC(=O)OCC1=C(C(=O)[O-])N2C(=O)[C@@H](NC(=O)Cn3cnnn3)[C@H]2SC1.[Na+].[Na+]. The maximum Gasteiger partial charge on any atom is 1.00 e. The Balaban J connectivity index is 0.000000320. The molecule has 320 valence electrons. The zero-order valence-corrected chi connectivity index (χ0v) is 38.1. The molecule has 0 bridgehead atoms. The molecule has 4 amide bonds. The molecule has 2 aromatic rings. The van der Waals surface area contributed by atoms with Crippen LogP contribution in [0.1, 0.15) is 25.7 Å². The minimum absolute atomic E-state index is 0. The molecule has 2 fully saturated rings. The molecule has 62 heavy (non-hydrogen) atoms. The van der Waals surface area contributed by atoms with Crippen LogP contribution in [0.4, 0.5) is 0 Å². The third-order valence-corrected chi connectivity index (χ3v) is 11.1. The van der Waals surface area contributed by atoms with E-state index in [0.717, 1.165) is 19.2 Å². The van der Waals surface area contributed by atoms with E-state index in [0.29, 0.717) is 0 Å². The van der Waals surface area contributed by atoms with Crippen LogP contribution in [0.3, 0.4) is 0 Å². The number of ether oxygens (including phenoxy) is 2. The van der Waals surface area contributed by atoms with Gasteiger partial charge in [0.15, 0.2) is 0 Å². The number of esters is 2. The number of hydrogen-bond acceptors (Lipinski definition) is 22. The number of aliphatic carboxylic acids is 4. The van der Waals surface area contributed by atoms with Crippen LogP contribution in [0, 0.1) is 0 Å². The summed E-state index contributed by atoms with van der Waals surface area (Å²) in [6.45, 7) is -1.26. The van der Waals surface area contributed by atoms with Crippen molar-refractivity contribution in [1.82, 2.24) is 60.8 Å². The third-order valence-electron chi connectivity index (χ3n) is 8.41. The summed E-state index contributed by atoms with van der Waals surface area (Å²) in [5.74, 6) is -9.32. The molecule has 6 heterocycles. The zero-order chi connectivity index (χ0) is 43.7. The molecule has 4 aliphatic rings. The molecule has 0 aromatic carbocycles. The van der Waals surface area contributed by atoms with E-state index in [1.165, 1.54) is 36.2 Å². The van der Waals surface area contributed by atoms with Crippen LogP contribution in [-0.2, 0) is 70.5 Å². The number of tetrazole rings is 2. The first-order valence-electron chi connectivity index (χ1n) is 17.1. The van der Waals surface area contributed by atoms with Crippen LogP contribution < -0.4 is 80.0 Å². The Morgan fingerprint density at radius 2 is 1.03 bits per heavy atom. The smallest absolute Gasteiger partial charge is 0.543 e. The number of carboxylic acids is 4. The number of nitrogens with one attached hydrogen (secondary N) is 2. The van der Waals surface area contributed by atoms with Gasteiger partial charge in [-0.15, -0.1) is 33.7 Å². The second-order valence-corrected chi connectivity index (χ2v) is 14.7. The van der Waals surface area contributed by atoms with Gasteiger partial charge in [-0.2, -0.15) is 0 Å². The molecular formula is C30H30N12Na2O16S2. The molecule has 4 N–H and O–H groups in total. The summed E-state index contributed by atoms with van der Waals surface area (Å²) in [5, 5.41) is 64.6. The Bertz CT molecular complexity index is 1990. The van der Waals surface area contributed by atoms with Crippen molar-refractivity contribution in [1.29, 1.82) is 0 Å². The number of β-lactam (4-membered cyclic amide) rings is 2. The number of carbonyl (C=O) groups excluding carboxylic acids is 8. The van der Waals surface area contributed by atoms with E-state index in [1.54, 1.807) is 0 Å². The minimum Gasteiger partial charge on any atom is -0.543 e. The van der Waals surface area contributed by atoms with Crippen molar-refractivity contribution in [3.8, 4) is 0 Å². The van der Waals surface area contributed by atoms with Gasteiger partial charge in [-0.25, -0.2) is 9.36 Å². The van der Waals surface area contributed by atoms with Gasteiger partial charge in [0.25, 0.3) is 11.8 Å². The van der Waals surface area contributed by atoms with Crippen LogP contribution >= 0.6 is 23.5 Å². The summed E-state index contributed by atoms with van der Waals surface area (Å²) in [6, 6.07) is -1.87. The number of carbonyl (C=O) groups is 10. The average molecular weight is 925 g/mol. The number of nitrogens with zero attached hydrogens (tertiary/aromatic N) is 10. The fourth-order valence-electron chi connectivity index (χ4n) is 5.70. The molecule has 0 spiro atoms. The first kappa shape index (κ1) is 51.4. The fourth-order valence-corrected chi connectivity index (χ4v) is 8.36. The Labute approximate surface area is 399 Å². The van der Waals surface area contributed by atoms with Crippen LogP contribution in [0.15, 0.2) is 35.2 Å². The summed E-state index contributed by atoms with van der Waals surface area (Å²) < 4.78 is 12.1. The Morgan fingerprint density at radius 1 is 0.661 bits per heavy atom. The first-order valence-corrected chi connectivity index (χ1v) is 19.2. The van der Waals surface area contributed by atoms with Crippen LogP contribution in [-0.4, -0.2) is 167 Å². The number of thioether (sulfide) groups is 2. The second kappa shape index (κ2) is 23.5. The predicted molar refractivity (Wildman–Crippen MR) is 185 cm³/mol. The van der Waals surface area contributed by atoms with Gasteiger partial charge >= 0.3 is 83.0 Å². The topological polar surface area (TPSA) is 393 Å². The van der Waals surface area contributed by atoms with E-state index in [2.05, 4.69) is 41.7 Å². The number of aromatic nitrogens is 8. The molecule has 2 saturated heterocycles. The number of carboxylic acid groups (broad SMARTS) is 4. The maximum atomic E-state index is 12.5. The van der Waals surface area contributed by atoms with Crippen molar-refractivity contribution >= 4 is 83.0 Å². The molecule has 0 saturated carbocycles. The first-order chi connectivity index (χ1) is 28.5. The van der Waals surface area contributed by atoms with Gasteiger partial charge in [0, 0.05) is 22.7 Å². The van der Waals surface area contributed by atoms with E-state index in [1.807, 2.05) is 0 Å². The van der Waals surface area contributed by atoms with E-state index < -0.39 is 120 Å². The van der Waals surface area contributed by atoms with Gasteiger partial charge in [0.05, 0.1) is 49.0 Å². The monoisotopic (exact) mass is 924 g/mol. The molecule has 32 heteroatoms. The molecule has 0 unspecified atom stereocenters. The Hall–Kier alpha value is -4.98. The van der Waals surface area contributed by atoms with Crippen molar-refractivity contribution in [3.05, 3.63) is 35.2 Å². The summed E-state index contributed by atoms with van der Waals surface area (Å²) in [6.07, 6.45) is 0.890. The van der Waals surface area contributed by atoms with Crippen LogP contribution in [0.5, 0.6) is 0 Å². The normalized spacial score (nSPS) is 19.6. The van der Waals surface area contributed by atoms with Gasteiger partial charge in [-0.1, -0.05) is 0 Å². The average Bonchev–Trinajstić information content (AvgIpc) is 3.92. The quantitative estimate of drug-likeness (QED) is 0.0612. The Kier molecular flexibility index (Phi) is 19.4. The summed E-state index contributed by atoms with van der Waals surface area (Å²) in [5.41, 5.74) is -0.542. The predicted octanol–water partition coefficient (Wildman–Crippen LogP) is -13.0. The number of hydrogen-bond donors (Lipinski definition) is 4. The fraction of sp³-hybridized carbons (Fsp3) is 0.467. The van der Waals surface area contributed by atoms with Crippen molar-refractivity contribution in [3.63, 3.8) is 0 Å². The zero-order valence-electron chi connectivity index (χ0n) is 32.4. The molecule has 4 atom stereocenters. The second-order valence-electron chi connectivity index (χ2n) is 12.5. The van der Waals surface area contributed by atoms with Gasteiger partial charge in [-0.3, -0.25) is 48.2 Å².